The Morgan fingerprint density at radius 2 is 0.796 bits per heavy atom. The molecule has 0 aliphatic rings. The summed E-state index contributed by atoms with van der Waals surface area (Å²) in [4.78, 5) is 10.5. The van der Waals surface area contributed by atoms with Crippen molar-refractivity contribution in [3.05, 3.63) is 72.3 Å². The van der Waals surface area contributed by atoms with Crippen LogP contribution in [0.2, 0.25) is 0 Å². The monoisotopic (exact) mass is 739 g/mol. The van der Waals surface area contributed by atoms with E-state index in [1.807, 2.05) is 0 Å². The quantitative estimate of drug-likeness (QED) is 0.0375. The van der Waals surface area contributed by atoms with Gasteiger partial charge >= 0.3 is 0 Å². The Balaban J connectivity index is 1.59. The number of allylic oxidation sites excluding steroid dienone is 2. The van der Waals surface area contributed by atoms with Crippen molar-refractivity contribution in [2.24, 2.45) is 9.98 Å². The lowest BCUT2D eigenvalue weighted by atomic mass is 10.0. The minimum absolute atomic E-state index is 0.990. The topological polar surface area (TPSA) is 24.7 Å². The van der Waals surface area contributed by atoms with Crippen molar-refractivity contribution >= 4 is 22.8 Å². The fourth-order valence-corrected chi connectivity index (χ4v) is 7.57. The molecule has 0 amide bonds. The predicted octanol–water partition coefficient (Wildman–Crippen LogP) is 18.2. The number of aryl methyl sites for hydroxylation is 1. The average Bonchev–Trinajstić information content (AvgIpc) is 3.20. The molecule has 54 heavy (non-hydrogen) atoms. The van der Waals surface area contributed by atoms with Gasteiger partial charge in [-0.1, -0.05) is 230 Å². The van der Waals surface area contributed by atoms with Crippen molar-refractivity contribution < 1.29 is 0 Å². The first-order valence-corrected chi connectivity index (χ1v) is 23.7. The molecule has 0 aromatic heterocycles. The Bertz CT molecular complexity index is 1190. The van der Waals surface area contributed by atoms with Gasteiger partial charge in [0.15, 0.2) is 0 Å². The summed E-state index contributed by atoms with van der Waals surface area (Å²) in [5, 5.41) is 0. The zero-order valence-corrected chi connectivity index (χ0v) is 36.1. The zero-order chi connectivity index (χ0) is 38.4. The van der Waals surface area contributed by atoms with Crippen LogP contribution < -0.4 is 0 Å². The van der Waals surface area contributed by atoms with Crippen LogP contribution in [0.25, 0.3) is 0 Å². The lowest BCUT2D eigenvalue weighted by Gasteiger charge is -2.13. The Morgan fingerprint density at radius 1 is 0.389 bits per heavy atom. The minimum atomic E-state index is 0.990. The maximum absolute atomic E-state index is 5.37. The highest BCUT2D eigenvalue weighted by Gasteiger charge is 2.12. The van der Waals surface area contributed by atoms with Gasteiger partial charge < -0.3 is 0 Å². The molecule has 0 fully saturated rings. The molecular weight excluding hydrogens is 653 g/mol. The summed E-state index contributed by atoms with van der Waals surface area (Å²) in [5.41, 5.74) is 5.89. The maximum Gasteiger partial charge on any atom is 0.0665 e. The van der Waals surface area contributed by atoms with Crippen molar-refractivity contribution in [1.29, 1.82) is 0 Å². The van der Waals surface area contributed by atoms with E-state index < -0.39 is 0 Å². The van der Waals surface area contributed by atoms with Gasteiger partial charge in [-0.25, -0.2) is 0 Å². The van der Waals surface area contributed by atoms with Crippen LogP contribution in [0.4, 0.5) is 11.4 Å². The molecule has 0 aliphatic carbocycles. The average molecular weight is 739 g/mol. The van der Waals surface area contributed by atoms with E-state index in [0.717, 1.165) is 43.5 Å². The van der Waals surface area contributed by atoms with Crippen LogP contribution in [-0.2, 0) is 6.42 Å². The molecule has 0 unspecified atom stereocenters. The molecule has 0 atom stereocenters. The van der Waals surface area contributed by atoms with Gasteiger partial charge in [0.1, 0.15) is 0 Å². The summed E-state index contributed by atoms with van der Waals surface area (Å²) in [5.74, 6) is 0. The number of rotatable bonds is 37. The molecule has 2 nitrogen and oxygen atoms in total. The second-order valence-corrected chi connectivity index (χ2v) is 16.2. The standard InChI is InChI=1S/C52H86N2/c1-4-7-10-12-13-14-15-16-17-18-19-20-21-22-23-24-25-26-27-28-29-30-31-32-33-35-41-48-42-39-40-46-50(48)54-52(45-9-6-3)51(47-38-11-8-5-2)53-49-43-36-34-37-44-49/h32-34,36-37,39-40,42-44,46H,4-31,35,38,41,45,47H2,1-3H3/b33-32+,53-51?,54-52?. The zero-order valence-electron chi connectivity index (χ0n) is 36.1. The van der Waals surface area contributed by atoms with E-state index in [2.05, 4.69) is 87.5 Å². The molecule has 0 radical (unpaired) electrons. The molecule has 2 rings (SSSR count). The van der Waals surface area contributed by atoms with Gasteiger partial charge in [-0.05, 0) is 75.1 Å². The molecule has 2 heteroatoms. The summed E-state index contributed by atoms with van der Waals surface area (Å²) in [6, 6.07) is 19.3. The van der Waals surface area contributed by atoms with Gasteiger partial charge in [-0.2, -0.15) is 0 Å². The Kier molecular flexibility index (Phi) is 31.9. The molecule has 0 heterocycles. The first-order chi connectivity index (χ1) is 26.8. The highest BCUT2D eigenvalue weighted by Crippen LogP contribution is 2.24. The smallest absolute Gasteiger partial charge is 0.0665 e. The van der Waals surface area contributed by atoms with Gasteiger partial charge in [0.05, 0.1) is 22.8 Å². The molecule has 0 N–H and O–H groups in total. The van der Waals surface area contributed by atoms with Crippen molar-refractivity contribution in [3.8, 4) is 0 Å². The molecule has 2 aromatic carbocycles. The van der Waals surface area contributed by atoms with Crippen LogP contribution in [0.5, 0.6) is 0 Å². The third-order valence-corrected chi connectivity index (χ3v) is 11.1. The lowest BCUT2D eigenvalue weighted by molar-refractivity contribution is 0.519. The van der Waals surface area contributed by atoms with E-state index >= 15 is 0 Å². The van der Waals surface area contributed by atoms with Gasteiger partial charge in [0.2, 0.25) is 0 Å². The first kappa shape index (κ1) is 47.7. The van der Waals surface area contributed by atoms with Crippen LogP contribution in [0.3, 0.4) is 0 Å². The van der Waals surface area contributed by atoms with Crippen molar-refractivity contribution in [2.45, 2.75) is 233 Å². The number of para-hydroxylation sites is 2. The molecule has 0 aliphatic heterocycles. The molecule has 304 valence electrons. The molecule has 2 aromatic rings. The first-order valence-electron chi connectivity index (χ1n) is 23.7. The molecule has 0 saturated heterocycles. The summed E-state index contributed by atoms with van der Waals surface area (Å²) >= 11 is 0. The van der Waals surface area contributed by atoms with E-state index in [-0.39, 0.29) is 0 Å². The van der Waals surface area contributed by atoms with Crippen LogP contribution in [0.15, 0.2) is 76.7 Å². The second-order valence-electron chi connectivity index (χ2n) is 16.2. The largest absolute Gasteiger partial charge is 0.252 e. The lowest BCUT2D eigenvalue weighted by Crippen LogP contribution is -2.14. The van der Waals surface area contributed by atoms with Crippen molar-refractivity contribution in [1.82, 2.24) is 0 Å². The number of hydrogen-bond acceptors (Lipinski definition) is 2. The molecule has 0 saturated carbocycles. The van der Waals surface area contributed by atoms with E-state index in [9.17, 15) is 0 Å². The van der Waals surface area contributed by atoms with Crippen LogP contribution in [0.1, 0.15) is 232 Å². The molecule has 0 spiro atoms. The summed E-state index contributed by atoms with van der Waals surface area (Å²) in [7, 11) is 0. The Labute approximate surface area is 336 Å². The van der Waals surface area contributed by atoms with Crippen LogP contribution >= 0.6 is 0 Å². The summed E-state index contributed by atoms with van der Waals surface area (Å²) in [6.07, 6.45) is 49.3. The predicted molar refractivity (Wildman–Crippen MR) is 245 cm³/mol. The Morgan fingerprint density at radius 3 is 1.33 bits per heavy atom. The molecule has 0 bridgehead atoms. The van der Waals surface area contributed by atoms with Crippen molar-refractivity contribution in [3.63, 3.8) is 0 Å². The van der Waals surface area contributed by atoms with Gasteiger partial charge in [0, 0.05) is 0 Å². The highest BCUT2D eigenvalue weighted by atomic mass is 14.8. The second kappa shape index (κ2) is 36.2. The van der Waals surface area contributed by atoms with E-state index in [4.69, 9.17) is 9.98 Å². The maximum atomic E-state index is 5.37. The third kappa shape index (κ3) is 26.3. The van der Waals surface area contributed by atoms with Crippen LogP contribution in [0, 0.1) is 0 Å². The minimum Gasteiger partial charge on any atom is -0.252 e. The SMILES string of the molecule is CCCCCCCCCCCCCCCCCCCCCCCC/C=C/CCc1ccccc1N=C(CCCC)C(CCCCCC)=Nc1ccccc1. The van der Waals surface area contributed by atoms with Gasteiger partial charge in [-0.15, -0.1) is 0 Å². The number of aliphatic imine (C=N–C) groups is 2. The normalized spacial score (nSPS) is 12.4. The van der Waals surface area contributed by atoms with E-state index in [0.29, 0.717) is 0 Å². The fourth-order valence-electron chi connectivity index (χ4n) is 7.57. The molecular formula is C52H86N2. The third-order valence-electron chi connectivity index (χ3n) is 11.1. The van der Waals surface area contributed by atoms with E-state index in [1.54, 1.807) is 0 Å². The fraction of sp³-hybridized carbons (Fsp3) is 0.692. The number of unbranched alkanes of at least 4 members (excludes halogenated alkanes) is 26. The summed E-state index contributed by atoms with van der Waals surface area (Å²) < 4.78 is 0. The van der Waals surface area contributed by atoms with Gasteiger partial charge in [0.25, 0.3) is 0 Å². The van der Waals surface area contributed by atoms with E-state index in [1.165, 1.54) is 197 Å². The van der Waals surface area contributed by atoms with Crippen LogP contribution in [-0.4, -0.2) is 11.4 Å². The number of nitrogens with zero attached hydrogens (tertiary/aromatic N) is 2. The highest BCUT2D eigenvalue weighted by molar-refractivity contribution is 6.43. The van der Waals surface area contributed by atoms with Gasteiger partial charge in [-0.3, -0.25) is 9.98 Å². The summed E-state index contributed by atoms with van der Waals surface area (Å²) in [6.45, 7) is 6.86. The van der Waals surface area contributed by atoms with Crippen molar-refractivity contribution in [2.75, 3.05) is 0 Å². The Hall–Kier alpha value is -2.48. The number of hydrogen-bond donors (Lipinski definition) is 0. The number of benzene rings is 2.